The molecule has 0 bridgehead atoms. The zero-order valence-electron chi connectivity index (χ0n) is 11.7. The molecule has 0 radical (unpaired) electrons. The molecule has 20 heavy (non-hydrogen) atoms. The van der Waals surface area contributed by atoms with Crippen molar-refractivity contribution in [2.45, 2.75) is 32.1 Å². The monoisotopic (exact) mass is 278 g/mol. The van der Waals surface area contributed by atoms with Crippen molar-refractivity contribution in [3.8, 4) is 5.75 Å². The summed E-state index contributed by atoms with van der Waals surface area (Å²) in [7, 11) is 1.63. The summed E-state index contributed by atoms with van der Waals surface area (Å²) in [6.45, 7) is 3.06. The van der Waals surface area contributed by atoms with Crippen molar-refractivity contribution >= 4 is 17.5 Å². The SMILES string of the molecule is C[C@H](O)C(=O)N[C@@H]1C(=O)N(C)c2ccccc2O[C@@H]1C. The van der Waals surface area contributed by atoms with Gasteiger partial charge in [0.1, 0.15) is 24.0 Å². The molecule has 1 aromatic carbocycles. The molecule has 6 heteroatoms. The van der Waals surface area contributed by atoms with E-state index in [2.05, 4.69) is 5.32 Å². The summed E-state index contributed by atoms with van der Waals surface area (Å²) < 4.78 is 5.73. The third-order valence-corrected chi connectivity index (χ3v) is 3.28. The number of para-hydroxylation sites is 2. The highest BCUT2D eigenvalue weighted by Gasteiger charge is 2.36. The average molecular weight is 278 g/mol. The summed E-state index contributed by atoms with van der Waals surface area (Å²) >= 11 is 0. The highest BCUT2D eigenvalue weighted by atomic mass is 16.5. The topological polar surface area (TPSA) is 78.9 Å². The number of rotatable bonds is 2. The largest absolute Gasteiger partial charge is 0.486 e. The Labute approximate surface area is 117 Å². The number of hydrogen-bond donors (Lipinski definition) is 2. The fourth-order valence-electron chi connectivity index (χ4n) is 2.08. The molecule has 1 aliphatic rings. The first kappa shape index (κ1) is 14.3. The Bertz CT molecular complexity index is 530. The van der Waals surface area contributed by atoms with Crippen molar-refractivity contribution in [3.05, 3.63) is 24.3 Å². The third-order valence-electron chi connectivity index (χ3n) is 3.28. The van der Waals surface area contributed by atoms with Gasteiger partial charge in [0, 0.05) is 7.05 Å². The summed E-state index contributed by atoms with van der Waals surface area (Å²) in [5, 5.41) is 11.8. The molecule has 2 rings (SSSR count). The number of likely N-dealkylation sites (N-methyl/N-ethyl adjacent to an activating group) is 1. The third kappa shape index (κ3) is 2.60. The standard InChI is InChI=1S/C14H18N2O4/c1-8(17)13(18)15-12-9(2)20-11-7-5-4-6-10(11)16(3)14(12)19/h4-9,12,17H,1-3H3,(H,15,18)/t8-,9+,12-/m0/s1. The second-order valence-electron chi connectivity index (χ2n) is 4.85. The lowest BCUT2D eigenvalue weighted by Crippen LogP contribution is -2.54. The lowest BCUT2D eigenvalue weighted by Gasteiger charge is -2.24. The van der Waals surface area contributed by atoms with Gasteiger partial charge in [-0.15, -0.1) is 0 Å². The van der Waals surface area contributed by atoms with E-state index in [1.165, 1.54) is 11.8 Å². The summed E-state index contributed by atoms with van der Waals surface area (Å²) in [4.78, 5) is 25.5. The molecule has 1 heterocycles. The van der Waals surface area contributed by atoms with Crippen LogP contribution in [0.3, 0.4) is 0 Å². The molecule has 2 N–H and O–H groups in total. The van der Waals surface area contributed by atoms with Gasteiger partial charge in [0.15, 0.2) is 0 Å². The van der Waals surface area contributed by atoms with Crippen LogP contribution in [0.5, 0.6) is 5.75 Å². The van der Waals surface area contributed by atoms with Crippen LogP contribution >= 0.6 is 0 Å². The molecule has 2 amide bonds. The molecule has 0 aromatic heterocycles. The molecule has 0 saturated carbocycles. The maximum Gasteiger partial charge on any atom is 0.253 e. The summed E-state index contributed by atoms with van der Waals surface area (Å²) in [5.41, 5.74) is 0.651. The number of nitrogens with one attached hydrogen (secondary N) is 1. The molecule has 3 atom stereocenters. The van der Waals surface area contributed by atoms with Crippen molar-refractivity contribution in [3.63, 3.8) is 0 Å². The summed E-state index contributed by atoms with van der Waals surface area (Å²) in [5.74, 6) is -0.292. The van der Waals surface area contributed by atoms with Gasteiger partial charge in [-0.1, -0.05) is 12.1 Å². The molecule has 0 saturated heterocycles. The molecule has 0 fully saturated rings. The van der Waals surface area contributed by atoms with Crippen molar-refractivity contribution in [2.75, 3.05) is 11.9 Å². The Kier molecular flexibility index (Phi) is 3.94. The van der Waals surface area contributed by atoms with Gasteiger partial charge in [-0.3, -0.25) is 9.59 Å². The van der Waals surface area contributed by atoms with Crippen LogP contribution in [0.15, 0.2) is 24.3 Å². The first-order valence-corrected chi connectivity index (χ1v) is 6.43. The molecule has 0 aliphatic carbocycles. The Balaban J connectivity index is 2.30. The molecule has 1 aromatic rings. The van der Waals surface area contributed by atoms with Crippen LogP contribution in [0.2, 0.25) is 0 Å². The lowest BCUT2D eigenvalue weighted by atomic mass is 10.1. The molecule has 0 unspecified atom stereocenters. The summed E-state index contributed by atoms with van der Waals surface area (Å²) in [6, 6.07) is 6.34. The van der Waals surface area contributed by atoms with Crippen LogP contribution in [0.25, 0.3) is 0 Å². The van der Waals surface area contributed by atoms with Gasteiger partial charge in [0.25, 0.3) is 5.91 Å². The fraction of sp³-hybridized carbons (Fsp3) is 0.429. The maximum atomic E-state index is 12.4. The van der Waals surface area contributed by atoms with E-state index >= 15 is 0 Å². The molecule has 6 nitrogen and oxygen atoms in total. The normalized spacial score (nSPS) is 23.4. The number of fused-ring (bicyclic) bond motifs is 1. The number of amides is 2. The number of anilines is 1. The van der Waals surface area contributed by atoms with Crippen molar-refractivity contribution in [2.24, 2.45) is 0 Å². The quantitative estimate of drug-likeness (QED) is 0.815. The Morgan fingerprint density at radius 3 is 2.75 bits per heavy atom. The van der Waals surface area contributed by atoms with Crippen molar-refractivity contribution < 1.29 is 19.4 Å². The van der Waals surface area contributed by atoms with E-state index < -0.39 is 24.2 Å². The molecular weight excluding hydrogens is 260 g/mol. The van der Waals surface area contributed by atoms with E-state index in [1.54, 1.807) is 26.1 Å². The van der Waals surface area contributed by atoms with Gasteiger partial charge in [-0.25, -0.2) is 0 Å². The molecule has 1 aliphatic heterocycles. The average Bonchev–Trinajstić information content (AvgIpc) is 2.50. The van der Waals surface area contributed by atoms with Gasteiger partial charge in [-0.2, -0.15) is 0 Å². The Morgan fingerprint density at radius 1 is 1.45 bits per heavy atom. The van der Waals surface area contributed by atoms with Crippen LogP contribution in [-0.2, 0) is 9.59 Å². The van der Waals surface area contributed by atoms with Crippen molar-refractivity contribution in [1.82, 2.24) is 5.32 Å². The predicted octanol–water partition coefficient (Wildman–Crippen LogP) is 0.296. The first-order valence-electron chi connectivity index (χ1n) is 6.43. The maximum absolute atomic E-state index is 12.4. The van der Waals surface area contributed by atoms with E-state index in [0.29, 0.717) is 11.4 Å². The van der Waals surface area contributed by atoms with E-state index in [-0.39, 0.29) is 5.91 Å². The molecule has 108 valence electrons. The zero-order chi connectivity index (χ0) is 14.9. The van der Waals surface area contributed by atoms with E-state index in [9.17, 15) is 14.7 Å². The number of aliphatic hydroxyl groups excluding tert-OH is 1. The molecular formula is C14H18N2O4. The number of carbonyl (C=O) groups excluding carboxylic acids is 2. The van der Waals surface area contributed by atoms with Gasteiger partial charge >= 0.3 is 0 Å². The Morgan fingerprint density at radius 2 is 2.10 bits per heavy atom. The minimum absolute atomic E-state index is 0.281. The smallest absolute Gasteiger partial charge is 0.253 e. The van der Waals surface area contributed by atoms with Gasteiger partial charge < -0.3 is 20.1 Å². The lowest BCUT2D eigenvalue weighted by molar-refractivity contribution is -0.133. The van der Waals surface area contributed by atoms with Crippen LogP contribution in [-0.4, -0.2) is 42.2 Å². The zero-order valence-corrected chi connectivity index (χ0v) is 11.7. The van der Waals surface area contributed by atoms with Gasteiger partial charge in [0.05, 0.1) is 5.69 Å². The highest BCUT2D eigenvalue weighted by Crippen LogP contribution is 2.31. The van der Waals surface area contributed by atoms with Crippen LogP contribution in [0.1, 0.15) is 13.8 Å². The van der Waals surface area contributed by atoms with Gasteiger partial charge in [0.2, 0.25) is 5.91 Å². The van der Waals surface area contributed by atoms with E-state index in [4.69, 9.17) is 4.74 Å². The minimum atomic E-state index is -1.18. The van der Waals surface area contributed by atoms with E-state index in [1.807, 2.05) is 12.1 Å². The number of aliphatic hydroxyl groups is 1. The first-order chi connectivity index (χ1) is 9.41. The second kappa shape index (κ2) is 5.50. The van der Waals surface area contributed by atoms with Crippen LogP contribution < -0.4 is 15.0 Å². The fourth-order valence-corrected chi connectivity index (χ4v) is 2.08. The number of benzene rings is 1. The summed E-state index contributed by atoms with van der Waals surface area (Å²) in [6.07, 6.45) is -1.71. The number of hydrogen-bond acceptors (Lipinski definition) is 4. The van der Waals surface area contributed by atoms with E-state index in [0.717, 1.165) is 0 Å². The van der Waals surface area contributed by atoms with Crippen molar-refractivity contribution in [1.29, 1.82) is 0 Å². The molecule has 0 spiro atoms. The number of carbonyl (C=O) groups is 2. The minimum Gasteiger partial charge on any atom is -0.486 e. The predicted molar refractivity (Wildman–Crippen MR) is 73.6 cm³/mol. The number of ether oxygens (including phenoxy) is 1. The van der Waals surface area contributed by atoms with Crippen LogP contribution in [0, 0.1) is 0 Å². The van der Waals surface area contributed by atoms with Gasteiger partial charge in [-0.05, 0) is 26.0 Å². The second-order valence-corrected chi connectivity index (χ2v) is 4.85. The number of nitrogens with zero attached hydrogens (tertiary/aromatic N) is 1. The highest BCUT2D eigenvalue weighted by molar-refractivity contribution is 6.01. The Hall–Kier alpha value is -2.08. The van der Waals surface area contributed by atoms with Crippen LogP contribution in [0.4, 0.5) is 5.69 Å².